The number of urea groups is 1. The van der Waals surface area contributed by atoms with E-state index < -0.39 is 64.7 Å². The zero-order valence-corrected chi connectivity index (χ0v) is 26.0. The number of anilines is 1. The van der Waals surface area contributed by atoms with E-state index in [2.05, 4.69) is 0 Å². The van der Waals surface area contributed by atoms with Gasteiger partial charge in [0.05, 0.1) is 36.0 Å². The van der Waals surface area contributed by atoms with E-state index in [1.165, 1.54) is 18.1 Å². The fraction of sp³-hybridized carbons (Fsp3) is 0.250. The molecule has 2 saturated heterocycles. The molecule has 3 fully saturated rings. The van der Waals surface area contributed by atoms with E-state index in [0.717, 1.165) is 5.57 Å². The van der Waals surface area contributed by atoms with Crippen molar-refractivity contribution in [3.8, 4) is 11.5 Å². The number of fused-ring (bicyclic) bond motifs is 4. The Kier molecular flexibility index (Phi) is 7.28. The fourth-order valence-electron chi connectivity index (χ4n) is 8.21. The summed E-state index contributed by atoms with van der Waals surface area (Å²) in [6.07, 6.45) is 5.78. The molecule has 4 aliphatic rings. The van der Waals surface area contributed by atoms with E-state index in [1.807, 2.05) is 42.5 Å². The van der Waals surface area contributed by atoms with Crippen LogP contribution < -0.4 is 15.4 Å². The Bertz CT molecular complexity index is 1920. The lowest BCUT2D eigenvalue weighted by atomic mass is 9.50. The van der Waals surface area contributed by atoms with Gasteiger partial charge in [-0.1, -0.05) is 77.9 Å². The molecule has 2 heterocycles. The molecule has 7 rings (SSSR count). The van der Waals surface area contributed by atoms with Crippen molar-refractivity contribution in [2.24, 2.45) is 35.3 Å². The molecular formula is C36H30ClN3O7. The molecule has 10 nitrogen and oxygen atoms in total. The topological polar surface area (TPSA) is 147 Å². The van der Waals surface area contributed by atoms with Crippen LogP contribution in [-0.2, 0) is 24.6 Å². The summed E-state index contributed by atoms with van der Waals surface area (Å²) in [6, 6.07) is 19.3. The lowest BCUT2D eigenvalue weighted by molar-refractivity contribution is -0.136. The van der Waals surface area contributed by atoms with E-state index in [9.17, 15) is 24.3 Å². The van der Waals surface area contributed by atoms with Crippen molar-refractivity contribution >= 4 is 53.0 Å². The summed E-state index contributed by atoms with van der Waals surface area (Å²) in [5, 5.41) is 10.5. The molecule has 0 radical (unpaired) electrons. The first-order valence-corrected chi connectivity index (χ1v) is 15.6. The van der Waals surface area contributed by atoms with Crippen molar-refractivity contribution < 1.29 is 33.8 Å². The van der Waals surface area contributed by atoms with Gasteiger partial charge in [-0.25, -0.2) is 9.69 Å². The van der Waals surface area contributed by atoms with Crippen LogP contribution in [0.4, 0.5) is 10.5 Å². The SMILES string of the molecule is COc1cc(C=CC2C3=CCC4C(=O)N(C(N)=O)C(=O)C4C3CC3C(=O)N(c4cccc(Cl)c4)C(=O)C23c2ccccc2)ccc1O. The molecule has 3 N–H and O–H groups in total. The van der Waals surface area contributed by atoms with Crippen LogP contribution >= 0.6 is 11.6 Å². The third kappa shape index (κ3) is 4.42. The van der Waals surface area contributed by atoms with Gasteiger partial charge < -0.3 is 15.6 Å². The van der Waals surface area contributed by atoms with Gasteiger partial charge in [-0.15, -0.1) is 0 Å². The smallest absolute Gasteiger partial charge is 0.328 e. The summed E-state index contributed by atoms with van der Waals surface area (Å²) in [6.45, 7) is 0. The maximum atomic E-state index is 15.1. The molecule has 2 aliphatic heterocycles. The van der Waals surface area contributed by atoms with Crippen molar-refractivity contribution in [3.05, 3.63) is 107 Å². The van der Waals surface area contributed by atoms with E-state index >= 15 is 4.79 Å². The first-order valence-electron chi connectivity index (χ1n) is 15.2. The van der Waals surface area contributed by atoms with Gasteiger partial charge >= 0.3 is 6.03 Å². The number of ether oxygens (including phenoxy) is 1. The van der Waals surface area contributed by atoms with Gasteiger partial charge in [0.25, 0.3) is 0 Å². The minimum atomic E-state index is -1.43. The van der Waals surface area contributed by atoms with Crippen molar-refractivity contribution in [1.82, 2.24) is 4.90 Å². The van der Waals surface area contributed by atoms with Gasteiger partial charge in [0.15, 0.2) is 11.5 Å². The monoisotopic (exact) mass is 651 g/mol. The molecule has 0 spiro atoms. The molecule has 0 bridgehead atoms. The number of likely N-dealkylation sites (tertiary alicyclic amines) is 1. The molecule has 3 aromatic rings. The maximum absolute atomic E-state index is 15.1. The van der Waals surface area contributed by atoms with E-state index in [-0.39, 0.29) is 24.3 Å². The fourth-order valence-corrected chi connectivity index (χ4v) is 8.40. The highest BCUT2D eigenvalue weighted by atomic mass is 35.5. The molecular weight excluding hydrogens is 622 g/mol. The van der Waals surface area contributed by atoms with Crippen molar-refractivity contribution in [1.29, 1.82) is 0 Å². The van der Waals surface area contributed by atoms with Gasteiger partial charge in [0.2, 0.25) is 23.6 Å². The number of aromatic hydroxyl groups is 1. The van der Waals surface area contributed by atoms with E-state index in [0.29, 0.717) is 26.7 Å². The van der Waals surface area contributed by atoms with Gasteiger partial charge in [-0.2, -0.15) is 4.90 Å². The number of amides is 6. The first-order chi connectivity index (χ1) is 22.6. The van der Waals surface area contributed by atoms with Crippen LogP contribution in [-0.4, -0.2) is 46.8 Å². The van der Waals surface area contributed by atoms with Crippen molar-refractivity contribution in [2.75, 3.05) is 12.0 Å². The van der Waals surface area contributed by atoms with Gasteiger partial charge in [0.1, 0.15) is 0 Å². The third-order valence-electron chi connectivity index (χ3n) is 10.1. The molecule has 238 valence electrons. The summed E-state index contributed by atoms with van der Waals surface area (Å²) in [4.78, 5) is 70.5. The predicted octanol–water partition coefficient (Wildman–Crippen LogP) is 4.84. The average molecular weight is 652 g/mol. The molecule has 0 aromatic heterocycles. The summed E-state index contributed by atoms with van der Waals surface area (Å²) >= 11 is 6.33. The number of allylic oxidation sites excluding steroid dienone is 3. The minimum absolute atomic E-state index is 0.0404. The number of halogens is 1. The molecule has 3 aromatic carbocycles. The molecule has 6 amide bonds. The number of primary amides is 1. The number of hydrogen-bond acceptors (Lipinski definition) is 7. The highest BCUT2D eigenvalue weighted by Crippen LogP contribution is 2.62. The number of carbonyl (C=O) groups excluding carboxylic acids is 5. The number of benzene rings is 3. The standard InChI is InChI=1S/C36H30ClN3O7/c1-47-29-16-19(11-15-28(29)41)10-14-26-23-12-13-24-30(33(44)40(31(24)42)35(38)46)25(23)18-27-32(43)39(22-9-5-8-21(37)17-22)34(45)36(26,27)20-6-3-2-4-7-20/h2-12,14-17,24-27,30,41H,13,18H2,1H3,(H2,38,46). The maximum Gasteiger partial charge on any atom is 0.328 e. The number of hydrogen-bond donors (Lipinski definition) is 2. The summed E-state index contributed by atoms with van der Waals surface area (Å²) in [5.74, 6) is -6.06. The number of nitrogens with two attached hydrogens (primary N) is 1. The lowest BCUT2D eigenvalue weighted by Gasteiger charge is -2.49. The minimum Gasteiger partial charge on any atom is -0.504 e. The van der Waals surface area contributed by atoms with Crippen LogP contribution in [0.3, 0.4) is 0 Å². The van der Waals surface area contributed by atoms with Crippen LogP contribution in [0.25, 0.3) is 6.08 Å². The third-order valence-corrected chi connectivity index (χ3v) is 10.4. The molecule has 1 saturated carbocycles. The zero-order valence-electron chi connectivity index (χ0n) is 25.2. The van der Waals surface area contributed by atoms with Crippen LogP contribution in [0.1, 0.15) is 24.0 Å². The summed E-state index contributed by atoms with van der Waals surface area (Å²) in [7, 11) is 1.44. The Morgan fingerprint density at radius 3 is 2.45 bits per heavy atom. The Morgan fingerprint density at radius 1 is 0.979 bits per heavy atom. The second-order valence-electron chi connectivity index (χ2n) is 12.3. The second kappa shape index (κ2) is 11.2. The Labute approximate surface area is 275 Å². The number of methoxy groups -OCH3 is 1. The number of carbonyl (C=O) groups is 5. The lowest BCUT2D eigenvalue weighted by Crippen LogP contribution is -2.54. The van der Waals surface area contributed by atoms with Gasteiger partial charge in [-0.05, 0) is 60.2 Å². The number of phenols is 1. The Morgan fingerprint density at radius 2 is 1.74 bits per heavy atom. The molecule has 6 unspecified atom stereocenters. The summed E-state index contributed by atoms with van der Waals surface area (Å²) in [5.41, 5.74) is 6.38. The van der Waals surface area contributed by atoms with Crippen molar-refractivity contribution in [3.63, 3.8) is 0 Å². The number of nitrogens with zero attached hydrogens (tertiary/aromatic N) is 2. The van der Waals surface area contributed by atoms with Crippen LogP contribution in [0.2, 0.25) is 5.02 Å². The predicted molar refractivity (Wildman–Crippen MR) is 172 cm³/mol. The summed E-state index contributed by atoms with van der Waals surface area (Å²) < 4.78 is 5.30. The Hall–Kier alpha value is -5.22. The highest BCUT2D eigenvalue weighted by molar-refractivity contribution is 6.32. The largest absolute Gasteiger partial charge is 0.504 e. The number of imide groups is 4. The molecule has 2 aliphatic carbocycles. The van der Waals surface area contributed by atoms with Crippen LogP contribution in [0.5, 0.6) is 11.5 Å². The zero-order chi connectivity index (χ0) is 33.2. The Balaban J connectivity index is 1.46. The molecule has 11 heteroatoms. The van der Waals surface area contributed by atoms with Gasteiger partial charge in [0, 0.05) is 10.9 Å². The van der Waals surface area contributed by atoms with E-state index in [4.69, 9.17) is 22.1 Å². The number of phenolic OH excluding ortho intramolecular Hbond substituents is 1. The average Bonchev–Trinajstić information content (AvgIpc) is 3.46. The quantitative estimate of drug-likeness (QED) is 0.296. The van der Waals surface area contributed by atoms with Crippen molar-refractivity contribution in [2.45, 2.75) is 18.3 Å². The normalized spacial score (nSPS) is 28.3. The van der Waals surface area contributed by atoms with Crippen LogP contribution in [0, 0.1) is 29.6 Å². The molecule has 6 atom stereocenters. The van der Waals surface area contributed by atoms with Crippen LogP contribution in [0.15, 0.2) is 90.5 Å². The highest BCUT2D eigenvalue weighted by Gasteiger charge is 2.69. The first kappa shape index (κ1) is 30.4. The second-order valence-corrected chi connectivity index (χ2v) is 12.7. The number of rotatable bonds is 5. The van der Waals surface area contributed by atoms with Gasteiger partial charge in [-0.3, -0.25) is 19.2 Å². The molecule has 47 heavy (non-hydrogen) atoms. The van der Waals surface area contributed by atoms with E-state index in [1.54, 1.807) is 42.5 Å².